The maximum Gasteiger partial charge on any atom is -0.0166 e. The summed E-state index contributed by atoms with van der Waals surface area (Å²) in [5, 5.41) is 0. The average Bonchev–Trinajstić information content (AvgIpc) is 2.58. The van der Waals surface area contributed by atoms with Crippen LogP contribution < -0.4 is 0 Å². The summed E-state index contributed by atoms with van der Waals surface area (Å²) in [4.78, 5) is 0. The summed E-state index contributed by atoms with van der Waals surface area (Å²) in [5.41, 5.74) is 3.66. The Morgan fingerprint density at radius 1 is 1.00 bits per heavy atom. The van der Waals surface area contributed by atoms with E-state index in [0.717, 1.165) is 23.7 Å². The van der Waals surface area contributed by atoms with E-state index >= 15 is 0 Å². The lowest BCUT2D eigenvalue weighted by atomic mass is 9.86. The van der Waals surface area contributed by atoms with Gasteiger partial charge < -0.3 is 0 Å². The number of rotatable bonds is 2. The van der Waals surface area contributed by atoms with E-state index in [9.17, 15) is 0 Å². The van der Waals surface area contributed by atoms with Gasteiger partial charge in [-0.05, 0) is 42.9 Å². The number of hydrogen-bond donors (Lipinski definition) is 0. The minimum atomic E-state index is 0.790. The highest BCUT2D eigenvalue weighted by Crippen LogP contribution is 2.51. The summed E-state index contributed by atoms with van der Waals surface area (Å²) in [5.74, 6) is 3.59. The first-order chi connectivity index (χ1) is 6.61. The zero-order chi connectivity index (χ0) is 10.3. The Morgan fingerprint density at radius 2 is 1.71 bits per heavy atom. The lowest BCUT2D eigenvalue weighted by Gasteiger charge is -2.19. The SMILES string of the molecule is CC(C)C1=C(C(C)C)C2CCCC2C1. The fraction of sp³-hybridized carbons (Fsp3) is 0.857. The molecule has 14 heavy (non-hydrogen) atoms. The molecule has 0 aromatic heterocycles. The van der Waals surface area contributed by atoms with Gasteiger partial charge in [-0.3, -0.25) is 0 Å². The van der Waals surface area contributed by atoms with E-state index in [4.69, 9.17) is 0 Å². The Morgan fingerprint density at radius 3 is 2.29 bits per heavy atom. The summed E-state index contributed by atoms with van der Waals surface area (Å²) in [6, 6.07) is 0. The Hall–Kier alpha value is -0.260. The number of fused-ring (bicyclic) bond motifs is 1. The molecule has 1 fully saturated rings. The second-order valence-electron chi connectivity index (χ2n) is 5.79. The maximum absolute atomic E-state index is 2.39. The first kappa shape index (κ1) is 10.3. The molecule has 0 aromatic rings. The van der Waals surface area contributed by atoms with Gasteiger partial charge in [0, 0.05) is 0 Å². The first-order valence-electron chi connectivity index (χ1n) is 6.34. The summed E-state index contributed by atoms with van der Waals surface area (Å²) < 4.78 is 0. The predicted octanol–water partition coefficient (Wildman–Crippen LogP) is 4.42. The second-order valence-corrected chi connectivity index (χ2v) is 5.79. The minimum absolute atomic E-state index is 0.790. The third-order valence-corrected chi connectivity index (χ3v) is 4.23. The smallest absolute Gasteiger partial charge is 0.0166 e. The summed E-state index contributed by atoms with van der Waals surface area (Å²) >= 11 is 0. The molecule has 0 radical (unpaired) electrons. The maximum atomic E-state index is 2.39. The predicted molar refractivity (Wildman–Crippen MR) is 62.2 cm³/mol. The highest BCUT2D eigenvalue weighted by molar-refractivity contribution is 5.29. The van der Waals surface area contributed by atoms with Crippen molar-refractivity contribution in [1.82, 2.24) is 0 Å². The molecule has 0 nitrogen and oxygen atoms in total. The van der Waals surface area contributed by atoms with Gasteiger partial charge in [-0.2, -0.15) is 0 Å². The van der Waals surface area contributed by atoms with Crippen molar-refractivity contribution in [3.05, 3.63) is 11.1 Å². The third-order valence-electron chi connectivity index (χ3n) is 4.23. The van der Waals surface area contributed by atoms with Crippen LogP contribution in [-0.4, -0.2) is 0 Å². The van der Waals surface area contributed by atoms with Gasteiger partial charge in [0.1, 0.15) is 0 Å². The van der Waals surface area contributed by atoms with Crippen LogP contribution in [0.15, 0.2) is 11.1 Å². The van der Waals surface area contributed by atoms with Gasteiger partial charge in [-0.15, -0.1) is 0 Å². The van der Waals surface area contributed by atoms with Crippen molar-refractivity contribution < 1.29 is 0 Å². The lowest BCUT2D eigenvalue weighted by molar-refractivity contribution is 0.452. The van der Waals surface area contributed by atoms with Gasteiger partial charge in [0.15, 0.2) is 0 Å². The second kappa shape index (κ2) is 3.72. The molecule has 1 saturated carbocycles. The van der Waals surface area contributed by atoms with Gasteiger partial charge in [-0.25, -0.2) is 0 Å². The Balaban J connectivity index is 2.28. The summed E-state index contributed by atoms with van der Waals surface area (Å²) in [6.45, 7) is 9.52. The van der Waals surface area contributed by atoms with Crippen molar-refractivity contribution in [3.63, 3.8) is 0 Å². The van der Waals surface area contributed by atoms with Crippen molar-refractivity contribution >= 4 is 0 Å². The minimum Gasteiger partial charge on any atom is -0.0676 e. The first-order valence-corrected chi connectivity index (χ1v) is 6.34. The molecule has 0 amide bonds. The molecule has 2 aliphatic rings. The molecular weight excluding hydrogens is 168 g/mol. The molecule has 2 atom stereocenters. The molecule has 0 heteroatoms. The van der Waals surface area contributed by atoms with Crippen molar-refractivity contribution in [2.45, 2.75) is 53.4 Å². The molecule has 0 bridgehead atoms. The fourth-order valence-electron chi connectivity index (χ4n) is 3.70. The van der Waals surface area contributed by atoms with Crippen molar-refractivity contribution in [1.29, 1.82) is 0 Å². The molecule has 0 aromatic carbocycles. The highest BCUT2D eigenvalue weighted by Gasteiger charge is 2.38. The molecule has 0 saturated heterocycles. The molecule has 2 aliphatic carbocycles. The largest absolute Gasteiger partial charge is 0.0676 e. The lowest BCUT2D eigenvalue weighted by Crippen LogP contribution is -2.08. The van der Waals surface area contributed by atoms with E-state index in [1.54, 1.807) is 0 Å². The molecule has 0 aliphatic heterocycles. The third kappa shape index (κ3) is 1.53. The van der Waals surface area contributed by atoms with Crippen LogP contribution >= 0.6 is 0 Å². The summed E-state index contributed by atoms with van der Waals surface area (Å²) in [6.07, 6.45) is 5.89. The zero-order valence-electron chi connectivity index (χ0n) is 10.1. The van der Waals surface area contributed by atoms with E-state index in [1.165, 1.54) is 25.7 Å². The summed E-state index contributed by atoms with van der Waals surface area (Å²) in [7, 11) is 0. The van der Waals surface area contributed by atoms with Crippen LogP contribution in [-0.2, 0) is 0 Å². The monoisotopic (exact) mass is 192 g/mol. The van der Waals surface area contributed by atoms with Crippen molar-refractivity contribution in [3.8, 4) is 0 Å². The molecule has 0 spiro atoms. The van der Waals surface area contributed by atoms with Crippen LogP contribution in [0.1, 0.15) is 53.4 Å². The average molecular weight is 192 g/mol. The van der Waals surface area contributed by atoms with Crippen LogP contribution in [0, 0.1) is 23.7 Å². The van der Waals surface area contributed by atoms with Crippen LogP contribution in [0.4, 0.5) is 0 Å². The van der Waals surface area contributed by atoms with Gasteiger partial charge in [-0.1, -0.05) is 45.3 Å². The molecule has 0 N–H and O–H groups in total. The highest BCUT2D eigenvalue weighted by atomic mass is 14.4. The molecular formula is C14H24. The normalized spacial score (nSPS) is 32.1. The van der Waals surface area contributed by atoms with Gasteiger partial charge in [0.05, 0.1) is 0 Å². The Bertz CT molecular complexity index is 245. The fourth-order valence-corrected chi connectivity index (χ4v) is 3.70. The Labute approximate surface area is 88.8 Å². The van der Waals surface area contributed by atoms with Crippen molar-refractivity contribution in [2.24, 2.45) is 23.7 Å². The Kier molecular flexibility index (Phi) is 2.72. The van der Waals surface area contributed by atoms with E-state index in [-0.39, 0.29) is 0 Å². The van der Waals surface area contributed by atoms with E-state index in [1.807, 2.05) is 11.1 Å². The van der Waals surface area contributed by atoms with Crippen LogP contribution in [0.25, 0.3) is 0 Å². The standard InChI is InChI=1S/C14H24/c1-9(2)13-8-11-6-5-7-12(11)14(13)10(3)4/h9-12H,5-8H2,1-4H3. The van der Waals surface area contributed by atoms with Gasteiger partial charge in [0.2, 0.25) is 0 Å². The molecule has 2 unspecified atom stereocenters. The van der Waals surface area contributed by atoms with Gasteiger partial charge in [0.25, 0.3) is 0 Å². The van der Waals surface area contributed by atoms with Crippen LogP contribution in [0.2, 0.25) is 0 Å². The van der Waals surface area contributed by atoms with Crippen LogP contribution in [0.5, 0.6) is 0 Å². The number of allylic oxidation sites excluding steroid dienone is 2. The van der Waals surface area contributed by atoms with E-state index in [2.05, 4.69) is 27.7 Å². The quantitative estimate of drug-likeness (QED) is 0.568. The number of hydrogen-bond acceptors (Lipinski definition) is 0. The molecule has 0 heterocycles. The molecule has 80 valence electrons. The van der Waals surface area contributed by atoms with Crippen molar-refractivity contribution in [2.75, 3.05) is 0 Å². The van der Waals surface area contributed by atoms with E-state index in [0.29, 0.717) is 0 Å². The van der Waals surface area contributed by atoms with Gasteiger partial charge >= 0.3 is 0 Å². The zero-order valence-corrected chi connectivity index (χ0v) is 10.1. The molecule has 2 rings (SSSR count). The van der Waals surface area contributed by atoms with Crippen LogP contribution in [0.3, 0.4) is 0 Å². The topological polar surface area (TPSA) is 0 Å². The van der Waals surface area contributed by atoms with E-state index < -0.39 is 0 Å².